The number of anilines is 1. The van der Waals surface area contributed by atoms with E-state index in [9.17, 15) is 0 Å². The largest absolute Gasteiger partial charge is 0.406 e. The molecule has 14 heavy (non-hydrogen) atoms. The lowest BCUT2D eigenvalue weighted by atomic mass is 10.1. The van der Waals surface area contributed by atoms with E-state index in [0.29, 0.717) is 17.8 Å². The molecule has 2 atom stereocenters. The van der Waals surface area contributed by atoms with E-state index in [-0.39, 0.29) is 6.04 Å². The second-order valence-electron chi connectivity index (χ2n) is 3.63. The molecule has 0 spiro atoms. The number of rotatable bonds is 5. The van der Waals surface area contributed by atoms with Crippen molar-refractivity contribution in [2.45, 2.75) is 33.2 Å². The molecule has 0 amide bonds. The molecule has 0 fully saturated rings. The van der Waals surface area contributed by atoms with Crippen molar-refractivity contribution in [2.24, 2.45) is 11.7 Å². The van der Waals surface area contributed by atoms with Gasteiger partial charge in [-0.3, -0.25) is 0 Å². The summed E-state index contributed by atoms with van der Waals surface area (Å²) in [6.07, 6.45) is 1.13. The van der Waals surface area contributed by atoms with Crippen molar-refractivity contribution in [1.29, 1.82) is 0 Å². The minimum absolute atomic E-state index is 0.207. The number of aromatic nitrogens is 2. The third-order valence-electron chi connectivity index (χ3n) is 2.13. The lowest BCUT2D eigenvalue weighted by molar-refractivity contribution is 0.468. The average molecular weight is 198 g/mol. The molecule has 1 heterocycles. The zero-order valence-electron chi connectivity index (χ0n) is 8.95. The first kappa shape index (κ1) is 11.0. The van der Waals surface area contributed by atoms with E-state index < -0.39 is 0 Å². The monoisotopic (exact) mass is 198 g/mol. The molecule has 1 rings (SSSR count). The van der Waals surface area contributed by atoms with Crippen LogP contribution in [0, 0.1) is 5.92 Å². The van der Waals surface area contributed by atoms with Gasteiger partial charge in [0.15, 0.2) is 0 Å². The Morgan fingerprint density at radius 3 is 2.64 bits per heavy atom. The summed E-state index contributed by atoms with van der Waals surface area (Å²) in [4.78, 5) is 0. The maximum atomic E-state index is 5.59. The summed E-state index contributed by atoms with van der Waals surface area (Å²) in [5, 5.41) is 10.7. The number of nitrogens with one attached hydrogen (secondary N) is 1. The van der Waals surface area contributed by atoms with E-state index >= 15 is 0 Å². The minimum Gasteiger partial charge on any atom is -0.406 e. The van der Waals surface area contributed by atoms with E-state index in [4.69, 9.17) is 10.2 Å². The molecule has 1 aromatic rings. The second-order valence-corrected chi connectivity index (χ2v) is 3.63. The molecule has 0 aromatic carbocycles. The van der Waals surface area contributed by atoms with Gasteiger partial charge in [-0.2, -0.15) is 0 Å². The fourth-order valence-electron chi connectivity index (χ4n) is 0.896. The van der Waals surface area contributed by atoms with Crippen LogP contribution < -0.4 is 11.1 Å². The Kier molecular flexibility index (Phi) is 3.88. The topological polar surface area (TPSA) is 77.0 Å². The summed E-state index contributed by atoms with van der Waals surface area (Å²) in [6, 6.07) is 0.249. The summed E-state index contributed by atoms with van der Waals surface area (Å²) in [7, 11) is 0. The van der Waals surface area contributed by atoms with Gasteiger partial charge in [-0.25, -0.2) is 0 Å². The molecule has 3 N–H and O–H groups in total. The molecular formula is C9H18N4O. The summed E-state index contributed by atoms with van der Waals surface area (Å²) < 4.78 is 5.28. The molecule has 0 saturated carbocycles. The smallest absolute Gasteiger partial charge is 0.315 e. The Hall–Kier alpha value is -1.10. The molecule has 5 heteroatoms. The zero-order valence-corrected chi connectivity index (χ0v) is 8.95. The van der Waals surface area contributed by atoms with Gasteiger partial charge in [0.1, 0.15) is 0 Å². The maximum Gasteiger partial charge on any atom is 0.315 e. The van der Waals surface area contributed by atoms with Crippen LogP contribution in [0.2, 0.25) is 0 Å². The molecule has 0 bridgehead atoms. The van der Waals surface area contributed by atoms with Crippen molar-refractivity contribution in [3.63, 3.8) is 0 Å². The zero-order chi connectivity index (χ0) is 10.6. The van der Waals surface area contributed by atoms with Crippen molar-refractivity contribution >= 4 is 6.01 Å². The van der Waals surface area contributed by atoms with Gasteiger partial charge < -0.3 is 15.5 Å². The van der Waals surface area contributed by atoms with Gasteiger partial charge >= 0.3 is 6.01 Å². The van der Waals surface area contributed by atoms with Crippen LogP contribution in [0.5, 0.6) is 0 Å². The van der Waals surface area contributed by atoms with E-state index in [1.54, 1.807) is 0 Å². The molecule has 5 nitrogen and oxygen atoms in total. The van der Waals surface area contributed by atoms with Crippen LogP contribution in [0.3, 0.4) is 0 Å². The van der Waals surface area contributed by atoms with E-state index in [1.807, 2.05) is 6.92 Å². The highest BCUT2D eigenvalue weighted by Gasteiger charge is 2.09. The Morgan fingerprint density at radius 2 is 2.14 bits per heavy atom. The van der Waals surface area contributed by atoms with E-state index in [0.717, 1.165) is 13.0 Å². The molecule has 0 saturated heterocycles. The summed E-state index contributed by atoms with van der Waals surface area (Å²) in [5.41, 5.74) is 5.59. The highest BCUT2D eigenvalue weighted by atomic mass is 16.4. The summed E-state index contributed by atoms with van der Waals surface area (Å²) >= 11 is 0. The molecule has 0 aliphatic carbocycles. The first-order valence-corrected chi connectivity index (χ1v) is 4.96. The Bertz CT molecular complexity index is 272. The average Bonchev–Trinajstić information content (AvgIpc) is 2.62. The van der Waals surface area contributed by atoms with Gasteiger partial charge in [0.25, 0.3) is 0 Å². The first-order chi connectivity index (χ1) is 6.63. The van der Waals surface area contributed by atoms with E-state index in [1.165, 1.54) is 0 Å². The number of nitrogens with two attached hydrogens (primary N) is 1. The van der Waals surface area contributed by atoms with Crippen LogP contribution in [0.25, 0.3) is 0 Å². The molecule has 1 aromatic heterocycles. The van der Waals surface area contributed by atoms with Crippen molar-refractivity contribution in [1.82, 2.24) is 10.2 Å². The number of hydrogen-bond acceptors (Lipinski definition) is 5. The molecule has 0 aliphatic heterocycles. The molecule has 80 valence electrons. The lowest BCUT2D eigenvalue weighted by Gasteiger charge is -2.07. The fraction of sp³-hybridized carbons (Fsp3) is 0.778. The van der Waals surface area contributed by atoms with Crippen LogP contribution in [0.4, 0.5) is 6.01 Å². The van der Waals surface area contributed by atoms with Gasteiger partial charge in [-0.1, -0.05) is 25.4 Å². The minimum atomic E-state index is -0.207. The molecule has 0 aliphatic rings. The van der Waals surface area contributed by atoms with Crippen molar-refractivity contribution in [3.05, 3.63) is 5.89 Å². The van der Waals surface area contributed by atoms with Crippen LogP contribution in [0.15, 0.2) is 4.42 Å². The molecule has 2 unspecified atom stereocenters. The highest BCUT2D eigenvalue weighted by Crippen LogP contribution is 2.11. The third kappa shape index (κ3) is 2.99. The Morgan fingerprint density at radius 1 is 1.43 bits per heavy atom. The van der Waals surface area contributed by atoms with Gasteiger partial charge in [-0.05, 0) is 12.8 Å². The quantitative estimate of drug-likeness (QED) is 0.750. The van der Waals surface area contributed by atoms with Crippen LogP contribution in [-0.2, 0) is 0 Å². The van der Waals surface area contributed by atoms with Crippen molar-refractivity contribution < 1.29 is 4.42 Å². The standard InChI is InChI=1S/C9H18N4O/c1-4-6(2)5-11-9-13-12-8(14-9)7(3)10/h6-7H,4-5,10H2,1-3H3,(H,11,13). The molecule has 0 radical (unpaired) electrons. The number of nitrogens with zero attached hydrogens (tertiary/aromatic N) is 2. The van der Waals surface area contributed by atoms with Gasteiger partial charge in [0.05, 0.1) is 6.04 Å². The normalized spacial score (nSPS) is 15.1. The van der Waals surface area contributed by atoms with Crippen LogP contribution >= 0.6 is 0 Å². The lowest BCUT2D eigenvalue weighted by Crippen LogP contribution is -2.10. The number of hydrogen-bond donors (Lipinski definition) is 2. The van der Waals surface area contributed by atoms with E-state index in [2.05, 4.69) is 29.4 Å². The predicted octanol–water partition coefficient (Wildman–Crippen LogP) is 1.55. The second kappa shape index (κ2) is 4.95. The Labute approximate surface area is 84.1 Å². The molecular weight excluding hydrogens is 180 g/mol. The SMILES string of the molecule is CCC(C)CNc1nnc(C(C)N)o1. The van der Waals surface area contributed by atoms with Gasteiger partial charge in [0, 0.05) is 6.54 Å². The fourth-order valence-corrected chi connectivity index (χ4v) is 0.896. The first-order valence-electron chi connectivity index (χ1n) is 4.96. The predicted molar refractivity (Wildman–Crippen MR) is 54.8 cm³/mol. The third-order valence-corrected chi connectivity index (χ3v) is 2.13. The van der Waals surface area contributed by atoms with Crippen molar-refractivity contribution in [3.8, 4) is 0 Å². The van der Waals surface area contributed by atoms with Crippen LogP contribution in [-0.4, -0.2) is 16.7 Å². The van der Waals surface area contributed by atoms with Gasteiger partial charge in [0.2, 0.25) is 5.89 Å². The van der Waals surface area contributed by atoms with Crippen LogP contribution in [0.1, 0.15) is 39.1 Å². The summed E-state index contributed by atoms with van der Waals surface area (Å²) in [5.74, 6) is 1.07. The van der Waals surface area contributed by atoms with Crippen molar-refractivity contribution in [2.75, 3.05) is 11.9 Å². The highest BCUT2D eigenvalue weighted by molar-refractivity contribution is 5.17. The summed E-state index contributed by atoms with van der Waals surface area (Å²) in [6.45, 7) is 6.96. The van der Waals surface area contributed by atoms with Gasteiger partial charge in [-0.15, -0.1) is 5.10 Å². The Balaban J connectivity index is 2.44. The maximum absolute atomic E-state index is 5.59.